The van der Waals surface area contributed by atoms with Crippen molar-refractivity contribution in [1.82, 2.24) is 4.57 Å². The van der Waals surface area contributed by atoms with Crippen molar-refractivity contribution in [3.63, 3.8) is 0 Å². The molecule has 0 bridgehead atoms. The smallest absolute Gasteiger partial charge is 0.307 e. The van der Waals surface area contributed by atoms with Crippen molar-refractivity contribution >= 4 is 16.9 Å². The van der Waals surface area contributed by atoms with E-state index in [2.05, 4.69) is 60.0 Å². The summed E-state index contributed by atoms with van der Waals surface area (Å²) in [6.45, 7) is 5.01. The molecule has 0 aliphatic heterocycles. The number of aryl methyl sites for hydroxylation is 2. The molecular formula is C23H25NO2. The zero-order valence-electron chi connectivity index (χ0n) is 15.5. The lowest BCUT2D eigenvalue weighted by atomic mass is 10.1. The molecule has 4 rings (SSSR count). The summed E-state index contributed by atoms with van der Waals surface area (Å²) >= 11 is 0. The summed E-state index contributed by atoms with van der Waals surface area (Å²) in [5.74, 6) is 0.601. The molecule has 1 aliphatic rings. The summed E-state index contributed by atoms with van der Waals surface area (Å²) in [5, 5.41) is 1.26. The van der Waals surface area contributed by atoms with Crippen molar-refractivity contribution in [1.29, 1.82) is 0 Å². The first-order chi connectivity index (χ1) is 12.7. The van der Waals surface area contributed by atoms with Crippen LogP contribution in [0.2, 0.25) is 0 Å². The topological polar surface area (TPSA) is 31.2 Å². The minimum Gasteiger partial charge on any atom is -0.466 e. The molecule has 1 fully saturated rings. The summed E-state index contributed by atoms with van der Waals surface area (Å²) in [6, 6.07) is 17.6. The van der Waals surface area contributed by atoms with Crippen molar-refractivity contribution in [2.45, 2.75) is 45.6 Å². The van der Waals surface area contributed by atoms with E-state index in [9.17, 15) is 4.79 Å². The average molecular weight is 347 g/mol. The minimum absolute atomic E-state index is 0.140. The molecule has 3 aromatic rings. The summed E-state index contributed by atoms with van der Waals surface area (Å²) in [5.41, 5.74) is 6.23. The average Bonchev–Trinajstić information content (AvgIpc) is 3.42. The lowest BCUT2D eigenvalue weighted by Crippen LogP contribution is -2.09. The molecular weight excluding hydrogens is 322 g/mol. The molecule has 1 aliphatic carbocycles. The van der Waals surface area contributed by atoms with Gasteiger partial charge in [0, 0.05) is 23.1 Å². The second-order valence-electron chi connectivity index (χ2n) is 7.19. The molecule has 134 valence electrons. The lowest BCUT2D eigenvalue weighted by Gasteiger charge is -2.11. The number of carbonyl (C=O) groups excluding carboxylic acids is 1. The Labute approximate surface area is 154 Å². The standard InChI is InChI=1S/C23H25NO2/c1-3-26-23(25)12-13-24-21-11-10-19(17-8-9-17)14-20(21)15-22(24)18-6-4-16(2)5-7-18/h4-7,10-11,14-15,17H,3,8-9,12-13H2,1-2H3. The number of hydrogen-bond acceptors (Lipinski definition) is 2. The van der Waals surface area contributed by atoms with Crippen LogP contribution < -0.4 is 0 Å². The van der Waals surface area contributed by atoms with Crippen LogP contribution in [-0.4, -0.2) is 17.1 Å². The van der Waals surface area contributed by atoms with E-state index in [1.165, 1.54) is 40.4 Å². The Morgan fingerprint density at radius 1 is 1.12 bits per heavy atom. The third kappa shape index (κ3) is 3.39. The predicted octanol–water partition coefficient (Wildman–Crippen LogP) is 5.45. The molecule has 1 heterocycles. The zero-order valence-corrected chi connectivity index (χ0v) is 15.5. The number of rotatable bonds is 6. The normalized spacial score (nSPS) is 13.9. The Bertz CT molecular complexity index is 933. The highest BCUT2D eigenvalue weighted by atomic mass is 16.5. The Hall–Kier alpha value is -2.55. The predicted molar refractivity (Wildman–Crippen MR) is 105 cm³/mol. The molecule has 0 radical (unpaired) electrons. The highest BCUT2D eigenvalue weighted by molar-refractivity contribution is 5.88. The van der Waals surface area contributed by atoms with Crippen LogP contribution in [0.4, 0.5) is 0 Å². The molecule has 3 heteroatoms. The van der Waals surface area contributed by atoms with E-state index in [1.54, 1.807) is 0 Å². The fraction of sp³-hybridized carbons (Fsp3) is 0.348. The maximum Gasteiger partial charge on any atom is 0.307 e. The SMILES string of the molecule is CCOC(=O)CCn1c(-c2ccc(C)cc2)cc2cc(C3CC3)ccc21. The van der Waals surface area contributed by atoms with Crippen LogP contribution in [0.1, 0.15) is 43.2 Å². The van der Waals surface area contributed by atoms with Gasteiger partial charge in [0.1, 0.15) is 0 Å². The van der Waals surface area contributed by atoms with E-state index in [0.29, 0.717) is 19.6 Å². The maximum absolute atomic E-state index is 11.9. The molecule has 2 aromatic carbocycles. The number of carbonyl (C=O) groups is 1. The summed E-state index contributed by atoms with van der Waals surface area (Å²) < 4.78 is 7.38. The highest BCUT2D eigenvalue weighted by Gasteiger charge is 2.24. The Morgan fingerprint density at radius 2 is 1.88 bits per heavy atom. The number of fused-ring (bicyclic) bond motifs is 1. The Morgan fingerprint density at radius 3 is 2.58 bits per heavy atom. The fourth-order valence-electron chi connectivity index (χ4n) is 3.60. The van der Waals surface area contributed by atoms with Crippen LogP contribution in [-0.2, 0) is 16.1 Å². The largest absolute Gasteiger partial charge is 0.466 e. The van der Waals surface area contributed by atoms with Gasteiger partial charge < -0.3 is 9.30 Å². The number of esters is 1. The highest BCUT2D eigenvalue weighted by Crippen LogP contribution is 2.41. The van der Waals surface area contributed by atoms with E-state index in [-0.39, 0.29) is 5.97 Å². The molecule has 0 atom stereocenters. The lowest BCUT2D eigenvalue weighted by molar-refractivity contribution is -0.143. The van der Waals surface area contributed by atoms with Crippen molar-refractivity contribution in [3.8, 4) is 11.3 Å². The third-order valence-corrected chi connectivity index (χ3v) is 5.17. The molecule has 0 saturated heterocycles. The van der Waals surface area contributed by atoms with Crippen LogP contribution in [0.3, 0.4) is 0 Å². The van der Waals surface area contributed by atoms with Gasteiger partial charge in [-0.2, -0.15) is 0 Å². The quantitative estimate of drug-likeness (QED) is 0.555. The molecule has 0 unspecified atom stereocenters. The monoisotopic (exact) mass is 347 g/mol. The van der Waals surface area contributed by atoms with Crippen LogP contribution in [0.5, 0.6) is 0 Å². The number of ether oxygens (including phenoxy) is 1. The van der Waals surface area contributed by atoms with Gasteiger partial charge in [-0.05, 0) is 61.9 Å². The van der Waals surface area contributed by atoms with E-state index >= 15 is 0 Å². The Kier molecular flexibility index (Phi) is 4.54. The molecule has 26 heavy (non-hydrogen) atoms. The van der Waals surface area contributed by atoms with E-state index in [0.717, 1.165) is 11.6 Å². The van der Waals surface area contributed by atoms with E-state index in [1.807, 2.05) is 6.92 Å². The first-order valence-corrected chi connectivity index (χ1v) is 9.51. The molecule has 0 spiro atoms. The Balaban J connectivity index is 1.75. The second kappa shape index (κ2) is 6.99. The van der Waals surface area contributed by atoms with Gasteiger partial charge in [0.2, 0.25) is 0 Å². The van der Waals surface area contributed by atoms with Crippen LogP contribution >= 0.6 is 0 Å². The van der Waals surface area contributed by atoms with Crippen LogP contribution in [0.25, 0.3) is 22.2 Å². The van der Waals surface area contributed by atoms with Gasteiger partial charge in [-0.3, -0.25) is 4.79 Å². The first kappa shape index (κ1) is 16.9. The van der Waals surface area contributed by atoms with E-state index in [4.69, 9.17) is 4.74 Å². The van der Waals surface area contributed by atoms with Gasteiger partial charge in [-0.15, -0.1) is 0 Å². The minimum atomic E-state index is -0.140. The molecule has 0 N–H and O–H groups in total. The number of nitrogens with zero attached hydrogens (tertiary/aromatic N) is 1. The number of hydrogen-bond donors (Lipinski definition) is 0. The van der Waals surface area contributed by atoms with Crippen molar-refractivity contribution < 1.29 is 9.53 Å². The number of aromatic nitrogens is 1. The third-order valence-electron chi connectivity index (χ3n) is 5.17. The molecule has 3 nitrogen and oxygen atoms in total. The first-order valence-electron chi connectivity index (χ1n) is 9.51. The van der Waals surface area contributed by atoms with Gasteiger partial charge in [0.05, 0.1) is 13.0 Å². The van der Waals surface area contributed by atoms with Crippen molar-refractivity contribution in [2.75, 3.05) is 6.61 Å². The second-order valence-corrected chi connectivity index (χ2v) is 7.19. The van der Waals surface area contributed by atoms with Crippen LogP contribution in [0, 0.1) is 6.92 Å². The summed E-state index contributed by atoms with van der Waals surface area (Å²) in [4.78, 5) is 11.9. The molecule has 0 amide bonds. The number of benzene rings is 2. The zero-order chi connectivity index (χ0) is 18.1. The van der Waals surface area contributed by atoms with Crippen molar-refractivity contribution in [3.05, 3.63) is 59.7 Å². The van der Waals surface area contributed by atoms with E-state index < -0.39 is 0 Å². The fourth-order valence-corrected chi connectivity index (χ4v) is 3.60. The maximum atomic E-state index is 11.9. The van der Waals surface area contributed by atoms with Gasteiger partial charge in [-0.1, -0.05) is 35.9 Å². The van der Waals surface area contributed by atoms with Gasteiger partial charge in [0.25, 0.3) is 0 Å². The summed E-state index contributed by atoms with van der Waals surface area (Å²) in [7, 11) is 0. The molecule has 1 aromatic heterocycles. The molecule has 1 saturated carbocycles. The van der Waals surface area contributed by atoms with Crippen LogP contribution in [0.15, 0.2) is 48.5 Å². The van der Waals surface area contributed by atoms with Gasteiger partial charge in [0.15, 0.2) is 0 Å². The van der Waals surface area contributed by atoms with Gasteiger partial charge in [-0.25, -0.2) is 0 Å². The van der Waals surface area contributed by atoms with Gasteiger partial charge >= 0.3 is 5.97 Å². The van der Waals surface area contributed by atoms with Crippen molar-refractivity contribution in [2.24, 2.45) is 0 Å². The summed E-state index contributed by atoms with van der Waals surface area (Å²) in [6.07, 6.45) is 3.00.